The van der Waals surface area contributed by atoms with E-state index < -0.39 is 24.2 Å². The lowest BCUT2D eigenvalue weighted by molar-refractivity contribution is -0.137. The van der Waals surface area contributed by atoms with Crippen LogP contribution < -0.4 is 25.1 Å². The van der Waals surface area contributed by atoms with Gasteiger partial charge >= 0.3 is 0 Å². The number of benzene rings is 2. The summed E-state index contributed by atoms with van der Waals surface area (Å²) in [6, 6.07) is 10.00. The van der Waals surface area contributed by atoms with Crippen molar-refractivity contribution in [3.8, 4) is 17.2 Å². The fourth-order valence-electron chi connectivity index (χ4n) is 2.91. The van der Waals surface area contributed by atoms with Gasteiger partial charge in [0.25, 0.3) is 17.7 Å². The number of carbonyl (C=O) groups is 3. The zero-order valence-electron chi connectivity index (χ0n) is 18.0. The van der Waals surface area contributed by atoms with E-state index in [1.54, 1.807) is 11.0 Å². The third-order valence-corrected chi connectivity index (χ3v) is 4.65. The number of hydrogen-bond donors (Lipinski definition) is 2. The fourth-order valence-corrected chi connectivity index (χ4v) is 2.91. The van der Waals surface area contributed by atoms with Gasteiger partial charge in [0, 0.05) is 18.7 Å². The quantitative estimate of drug-likeness (QED) is 0.562. The van der Waals surface area contributed by atoms with E-state index in [2.05, 4.69) is 10.9 Å². The topological polar surface area (TPSA) is 115 Å². The van der Waals surface area contributed by atoms with Crippen molar-refractivity contribution in [1.29, 1.82) is 0 Å². The molecule has 176 valence electrons. The van der Waals surface area contributed by atoms with Crippen molar-refractivity contribution in [3.05, 3.63) is 53.8 Å². The predicted molar refractivity (Wildman–Crippen MR) is 113 cm³/mol. The number of rotatable bonds is 8. The minimum Gasteiger partial charge on any atom is -0.493 e. The summed E-state index contributed by atoms with van der Waals surface area (Å²) in [4.78, 5) is 38.1. The molecule has 2 N–H and O–H groups in total. The molecule has 0 unspecified atom stereocenters. The van der Waals surface area contributed by atoms with Crippen molar-refractivity contribution in [1.82, 2.24) is 15.8 Å². The normalized spacial score (nSPS) is 13.1. The Balaban J connectivity index is 1.49. The number of amides is 3. The van der Waals surface area contributed by atoms with E-state index in [-0.39, 0.29) is 35.3 Å². The number of hydrogen-bond acceptors (Lipinski definition) is 7. The van der Waals surface area contributed by atoms with Crippen molar-refractivity contribution < 1.29 is 37.7 Å². The molecule has 0 radical (unpaired) electrons. The Morgan fingerprint density at radius 2 is 1.70 bits per heavy atom. The van der Waals surface area contributed by atoms with E-state index >= 15 is 0 Å². The molecule has 2 aromatic rings. The van der Waals surface area contributed by atoms with Gasteiger partial charge in [0.2, 0.25) is 0 Å². The molecule has 0 bridgehead atoms. The summed E-state index contributed by atoms with van der Waals surface area (Å²) in [5.74, 6) is -1.63. The number of morpholine rings is 1. The van der Waals surface area contributed by atoms with Gasteiger partial charge in [-0.1, -0.05) is 12.1 Å². The van der Waals surface area contributed by atoms with Gasteiger partial charge < -0.3 is 23.8 Å². The van der Waals surface area contributed by atoms with Crippen LogP contribution in [0.5, 0.6) is 17.2 Å². The first-order valence-electron chi connectivity index (χ1n) is 10.1. The largest absolute Gasteiger partial charge is 0.493 e. The number of hydrazine groups is 1. The van der Waals surface area contributed by atoms with E-state index in [1.807, 2.05) is 0 Å². The van der Waals surface area contributed by atoms with Crippen molar-refractivity contribution in [2.45, 2.75) is 0 Å². The van der Waals surface area contributed by atoms with Gasteiger partial charge in [0.1, 0.15) is 0 Å². The molecule has 1 saturated heterocycles. The molecule has 0 spiro atoms. The van der Waals surface area contributed by atoms with Crippen molar-refractivity contribution >= 4 is 17.7 Å². The van der Waals surface area contributed by atoms with Gasteiger partial charge in [-0.25, -0.2) is 4.39 Å². The highest BCUT2D eigenvalue weighted by Crippen LogP contribution is 2.28. The molecule has 0 aliphatic carbocycles. The number of carbonyl (C=O) groups excluding carboxylic acids is 3. The Bertz CT molecular complexity index is 996. The van der Waals surface area contributed by atoms with Gasteiger partial charge in [-0.05, 0) is 30.3 Å². The first kappa shape index (κ1) is 23.8. The molecule has 1 heterocycles. The average Bonchev–Trinajstić information content (AvgIpc) is 2.85. The molecule has 0 atom stereocenters. The summed E-state index contributed by atoms with van der Waals surface area (Å²) < 4.78 is 34.6. The zero-order valence-corrected chi connectivity index (χ0v) is 18.0. The molecule has 10 nitrogen and oxygen atoms in total. The lowest BCUT2D eigenvalue weighted by Crippen LogP contribution is -2.43. The number of ether oxygens (including phenoxy) is 4. The molecule has 3 rings (SSSR count). The molecule has 11 heteroatoms. The maximum absolute atomic E-state index is 13.5. The van der Waals surface area contributed by atoms with E-state index in [9.17, 15) is 18.8 Å². The molecule has 0 aromatic heterocycles. The molecule has 1 aliphatic rings. The highest BCUT2D eigenvalue weighted by molar-refractivity contribution is 5.96. The van der Waals surface area contributed by atoms with Gasteiger partial charge in [0.15, 0.2) is 36.3 Å². The third kappa shape index (κ3) is 6.81. The smallest absolute Gasteiger partial charge is 0.276 e. The SMILES string of the molecule is COc1cc(C(=O)NNC(=O)COc2ccccc2F)ccc1OCC(=O)N1CCOCC1. The van der Waals surface area contributed by atoms with Gasteiger partial charge in [0.05, 0.1) is 20.3 Å². The lowest BCUT2D eigenvalue weighted by atomic mass is 10.2. The Morgan fingerprint density at radius 1 is 0.970 bits per heavy atom. The second-order valence-electron chi connectivity index (χ2n) is 6.87. The van der Waals surface area contributed by atoms with Crippen LogP contribution in [0.1, 0.15) is 10.4 Å². The minimum absolute atomic E-state index is 0.0774. The first-order chi connectivity index (χ1) is 16.0. The number of halogens is 1. The minimum atomic E-state index is -0.680. The fraction of sp³-hybridized carbons (Fsp3) is 0.318. The van der Waals surface area contributed by atoms with E-state index in [4.69, 9.17) is 18.9 Å². The Hall–Kier alpha value is -3.86. The summed E-state index contributed by atoms with van der Waals surface area (Å²) in [6.07, 6.45) is 0. The van der Waals surface area contributed by atoms with Crippen LogP contribution in [-0.2, 0) is 14.3 Å². The molecule has 33 heavy (non-hydrogen) atoms. The Kier molecular flexibility index (Phi) is 8.42. The molecule has 1 fully saturated rings. The maximum Gasteiger partial charge on any atom is 0.276 e. The average molecular weight is 461 g/mol. The lowest BCUT2D eigenvalue weighted by Gasteiger charge is -2.26. The molecule has 0 saturated carbocycles. The summed E-state index contributed by atoms with van der Waals surface area (Å²) in [6.45, 7) is 1.33. The second-order valence-corrected chi connectivity index (χ2v) is 6.87. The predicted octanol–water partition coefficient (Wildman–Crippen LogP) is 0.912. The monoisotopic (exact) mass is 461 g/mol. The standard InChI is InChI=1S/C22H24FN3O7/c1-30-19-12-15(6-7-18(19)33-14-21(28)26-8-10-31-11-9-26)22(29)25-24-20(27)13-32-17-5-3-2-4-16(17)23/h2-7,12H,8-11,13-14H2,1H3,(H,24,27)(H,25,29). The summed E-state index contributed by atoms with van der Waals surface area (Å²) in [5, 5.41) is 0. The van der Waals surface area contributed by atoms with Crippen LogP contribution in [0.2, 0.25) is 0 Å². The summed E-state index contributed by atoms with van der Waals surface area (Å²) >= 11 is 0. The van der Waals surface area contributed by atoms with Crippen LogP contribution in [0.3, 0.4) is 0 Å². The maximum atomic E-state index is 13.5. The Morgan fingerprint density at radius 3 is 2.42 bits per heavy atom. The molecule has 3 amide bonds. The molecular formula is C22H24FN3O7. The zero-order chi connectivity index (χ0) is 23.6. The summed E-state index contributed by atoms with van der Waals surface area (Å²) in [5.41, 5.74) is 4.59. The van der Waals surface area contributed by atoms with Crippen molar-refractivity contribution in [3.63, 3.8) is 0 Å². The first-order valence-corrected chi connectivity index (χ1v) is 10.1. The van der Waals surface area contributed by atoms with Crippen LogP contribution in [0, 0.1) is 5.82 Å². The third-order valence-electron chi connectivity index (χ3n) is 4.65. The van der Waals surface area contributed by atoms with Crippen LogP contribution in [0.25, 0.3) is 0 Å². The molecule has 1 aliphatic heterocycles. The van der Waals surface area contributed by atoms with Crippen molar-refractivity contribution in [2.24, 2.45) is 0 Å². The highest BCUT2D eigenvalue weighted by Gasteiger charge is 2.19. The van der Waals surface area contributed by atoms with Crippen LogP contribution in [0.15, 0.2) is 42.5 Å². The molecule has 2 aromatic carbocycles. The van der Waals surface area contributed by atoms with Crippen LogP contribution in [-0.4, -0.2) is 69.2 Å². The number of methoxy groups -OCH3 is 1. The van der Waals surface area contributed by atoms with Gasteiger partial charge in [-0.2, -0.15) is 0 Å². The van der Waals surface area contributed by atoms with Gasteiger partial charge in [-0.3, -0.25) is 25.2 Å². The van der Waals surface area contributed by atoms with Crippen molar-refractivity contribution in [2.75, 3.05) is 46.6 Å². The van der Waals surface area contributed by atoms with Crippen LogP contribution >= 0.6 is 0 Å². The highest BCUT2D eigenvalue weighted by atomic mass is 19.1. The van der Waals surface area contributed by atoms with Gasteiger partial charge in [-0.15, -0.1) is 0 Å². The van der Waals surface area contributed by atoms with E-state index in [0.717, 1.165) is 0 Å². The van der Waals surface area contributed by atoms with Crippen LogP contribution in [0.4, 0.5) is 4.39 Å². The number of nitrogens with zero attached hydrogens (tertiary/aromatic N) is 1. The second kappa shape index (κ2) is 11.7. The number of nitrogens with one attached hydrogen (secondary N) is 2. The Labute approximate surface area is 189 Å². The summed E-state index contributed by atoms with van der Waals surface area (Å²) in [7, 11) is 1.40. The van der Waals surface area contributed by atoms with E-state index in [0.29, 0.717) is 26.3 Å². The number of para-hydroxylation sites is 1. The van der Waals surface area contributed by atoms with E-state index in [1.165, 1.54) is 43.5 Å². The molecular weight excluding hydrogens is 437 g/mol.